The molecule has 0 unspecified atom stereocenters. The Balaban J connectivity index is 1.50. The van der Waals surface area contributed by atoms with Gasteiger partial charge in [0.15, 0.2) is 24.6 Å². The Labute approximate surface area is 259 Å². The second kappa shape index (κ2) is 14.9. The number of hydrogen-bond donors (Lipinski definition) is 0. The Morgan fingerprint density at radius 2 is 0.867 bits per heavy atom. The van der Waals surface area contributed by atoms with E-state index in [1.165, 1.54) is 7.11 Å². The van der Waals surface area contributed by atoms with Crippen LogP contribution >= 0.6 is 0 Å². The monoisotopic (exact) mass is 610 g/mol. The molecule has 0 spiro atoms. The number of carbonyl (C=O) groups excluding carboxylic acids is 4. The van der Waals surface area contributed by atoms with E-state index < -0.39 is 61.2 Å². The molecule has 45 heavy (non-hydrogen) atoms. The van der Waals surface area contributed by atoms with Crippen LogP contribution in [0.25, 0.3) is 0 Å². The van der Waals surface area contributed by atoms with Crippen molar-refractivity contribution in [3.8, 4) is 0 Å². The van der Waals surface area contributed by atoms with Gasteiger partial charge < -0.3 is 28.4 Å². The average Bonchev–Trinajstić information content (AvgIpc) is 3.10. The van der Waals surface area contributed by atoms with Gasteiger partial charge in [-0.15, -0.1) is 0 Å². The fourth-order valence-corrected chi connectivity index (χ4v) is 4.72. The highest BCUT2D eigenvalue weighted by Gasteiger charge is 2.53. The van der Waals surface area contributed by atoms with Crippen molar-refractivity contribution in [2.75, 3.05) is 13.7 Å². The molecule has 0 aromatic heterocycles. The Kier molecular flexibility index (Phi) is 10.3. The lowest BCUT2D eigenvalue weighted by molar-refractivity contribution is -0.291. The van der Waals surface area contributed by atoms with Crippen LogP contribution < -0.4 is 0 Å². The number of hydrogen-bond acceptors (Lipinski definition) is 10. The lowest BCUT2D eigenvalue weighted by Gasteiger charge is -2.44. The number of esters is 4. The predicted octanol–water partition coefficient (Wildman–Crippen LogP) is 4.89. The van der Waals surface area contributed by atoms with E-state index in [9.17, 15) is 19.2 Å². The molecule has 10 nitrogen and oxygen atoms in total. The van der Waals surface area contributed by atoms with Crippen molar-refractivity contribution in [3.05, 3.63) is 144 Å². The van der Waals surface area contributed by atoms with E-state index in [1.54, 1.807) is 121 Å². The van der Waals surface area contributed by atoms with Crippen molar-refractivity contribution in [2.45, 2.75) is 30.7 Å². The minimum absolute atomic E-state index is 0.200. The van der Waals surface area contributed by atoms with Gasteiger partial charge in [0, 0.05) is 7.11 Å². The molecule has 0 radical (unpaired) electrons. The molecule has 0 amide bonds. The zero-order valence-electron chi connectivity index (χ0n) is 24.2. The van der Waals surface area contributed by atoms with E-state index in [1.807, 2.05) is 0 Å². The summed E-state index contributed by atoms with van der Waals surface area (Å²) in [5.41, 5.74) is 0.914. The molecule has 1 fully saturated rings. The first-order valence-electron chi connectivity index (χ1n) is 14.1. The number of benzene rings is 4. The Hall–Kier alpha value is -5.32. The maximum Gasteiger partial charge on any atom is 0.338 e. The third-order valence-corrected chi connectivity index (χ3v) is 6.97. The lowest BCUT2D eigenvalue weighted by Crippen LogP contribution is -2.63. The van der Waals surface area contributed by atoms with Gasteiger partial charge in [-0.3, -0.25) is 0 Å². The van der Waals surface area contributed by atoms with Gasteiger partial charge in [0.25, 0.3) is 0 Å². The smallest absolute Gasteiger partial charge is 0.338 e. The highest BCUT2D eigenvalue weighted by molar-refractivity contribution is 5.91. The highest BCUT2D eigenvalue weighted by Crippen LogP contribution is 2.31. The van der Waals surface area contributed by atoms with Gasteiger partial charge in [0.05, 0.1) is 22.3 Å². The number of methoxy groups -OCH3 is 1. The van der Waals surface area contributed by atoms with E-state index in [0.29, 0.717) is 0 Å². The molecule has 230 valence electrons. The van der Waals surface area contributed by atoms with Crippen LogP contribution in [0.1, 0.15) is 41.4 Å². The van der Waals surface area contributed by atoms with Gasteiger partial charge in [-0.25, -0.2) is 19.2 Å². The molecule has 5 rings (SSSR count). The van der Waals surface area contributed by atoms with Crippen molar-refractivity contribution in [1.29, 1.82) is 0 Å². The van der Waals surface area contributed by atoms with Crippen LogP contribution in [0.3, 0.4) is 0 Å². The Morgan fingerprint density at radius 1 is 0.511 bits per heavy atom. The van der Waals surface area contributed by atoms with Gasteiger partial charge in [-0.05, 0) is 48.5 Å². The summed E-state index contributed by atoms with van der Waals surface area (Å²) in [6.07, 6.45) is -6.76. The summed E-state index contributed by atoms with van der Waals surface area (Å²) in [7, 11) is 1.31. The predicted molar refractivity (Wildman–Crippen MR) is 159 cm³/mol. The molecule has 1 saturated heterocycles. The van der Waals surface area contributed by atoms with E-state index in [4.69, 9.17) is 28.4 Å². The quantitative estimate of drug-likeness (QED) is 0.181. The van der Waals surface area contributed by atoms with E-state index >= 15 is 0 Å². The zero-order valence-corrected chi connectivity index (χ0v) is 24.2. The normalized spacial score (nSPS) is 20.8. The van der Waals surface area contributed by atoms with Crippen LogP contribution in [-0.4, -0.2) is 68.3 Å². The third kappa shape index (κ3) is 7.80. The Bertz CT molecular complexity index is 1580. The molecule has 4 aromatic carbocycles. The summed E-state index contributed by atoms with van der Waals surface area (Å²) in [5.74, 6) is -2.96. The first-order chi connectivity index (χ1) is 21.9. The fourth-order valence-electron chi connectivity index (χ4n) is 4.72. The summed E-state index contributed by atoms with van der Waals surface area (Å²) in [6.45, 7) is -0.418. The molecule has 1 heterocycles. The Morgan fingerprint density at radius 3 is 1.27 bits per heavy atom. The molecule has 1 aliphatic rings. The standard InChI is InChI=1S/C35H30O10/c1-40-35-30(45-34(39)26-20-12-5-13-21-26)29(44-33(38)25-18-10-4-11-19-25)28(43-32(37)24-16-8-3-9-17-24)27(42-35)22-41-31(36)23-14-6-2-7-15-23/h2-21,27-30,35H,22H2,1H3/t27-,28-,29+,30+,35+/m1/s1. The van der Waals surface area contributed by atoms with Crippen LogP contribution in [0.2, 0.25) is 0 Å². The van der Waals surface area contributed by atoms with Crippen molar-refractivity contribution in [2.24, 2.45) is 0 Å². The second-order valence-electron chi connectivity index (χ2n) is 9.95. The van der Waals surface area contributed by atoms with Crippen LogP contribution in [0.4, 0.5) is 0 Å². The van der Waals surface area contributed by atoms with Gasteiger partial charge in [-0.1, -0.05) is 72.8 Å². The van der Waals surface area contributed by atoms with E-state index in [0.717, 1.165) is 0 Å². The zero-order chi connectivity index (χ0) is 31.6. The highest BCUT2D eigenvalue weighted by atomic mass is 16.7. The van der Waals surface area contributed by atoms with E-state index in [-0.39, 0.29) is 22.3 Å². The number of ether oxygens (including phenoxy) is 6. The molecule has 0 saturated carbocycles. The van der Waals surface area contributed by atoms with Crippen LogP contribution in [-0.2, 0) is 28.4 Å². The minimum Gasteiger partial charge on any atom is -0.459 e. The summed E-state index contributed by atoms with van der Waals surface area (Å²) in [6, 6.07) is 32.7. The lowest BCUT2D eigenvalue weighted by atomic mass is 9.97. The van der Waals surface area contributed by atoms with Gasteiger partial charge in [0.1, 0.15) is 12.7 Å². The largest absolute Gasteiger partial charge is 0.459 e. The summed E-state index contributed by atoms with van der Waals surface area (Å²) < 4.78 is 34.9. The van der Waals surface area contributed by atoms with Crippen molar-refractivity contribution >= 4 is 23.9 Å². The molecule has 0 bridgehead atoms. The van der Waals surface area contributed by atoms with Gasteiger partial charge in [-0.2, -0.15) is 0 Å². The molecule has 10 heteroatoms. The van der Waals surface area contributed by atoms with Crippen LogP contribution in [0.5, 0.6) is 0 Å². The van der Waals surface area contributed by atoms with Crippen molar-refractivity contribution < 1.29 is 47.6 Å². The SMILES string of the molecule is CO[C@H]1O[C@H](COC(=O)c2ccccc2)[C@@H](OC(=O)c2ccccc2)[C@H](OC(=O)c2ccccc2)[C@@H]1OC(=O)c1ccccc1. The molecule has 1 aliphatic heterocycles. The topological polar surface area (TPSA) is 124 Å². The average molecular weight is 611 g/mol. The molecule has 4 aromatic rings. The fraction of sp³-hybridized carbons (Fsp3) is 0.200. The van der Waals surface area contributed by atoms with Crippen molar-refractivity contribution in [1.82, 2.24) is 0 Å². The van der Waals surface area contributed by atoms with Crippen LogP contribution in [0.15, 0.2) is 121 Å². The third-order valence-electron chi connectivity index (χ3n) is 6.97. The van der Waals surface area contributed by atoms with Crippen molar-refractivity contribution in [3.63, 3.8) is 0 Å². The maximum atomic E-state index is 13.4. The summed E-state index contributed by atoms with van der Waals surface area (Å²) >= 11 is 0. The van der Waals surface area contributed by atoms with Crippen LogP contribution in [0, 0.1) is 0 Å². The first-order valence-corrected chi connectivity index (χ1v) is 14.1. The summed E-state index contributed by atoms with van der Waals surface area (Å²) in [4.78, 5) is 52.8. The number of rotatable bonds is 10. The minimum atomic E-state index is -1.45. The summed E-state index contributed by atoms with van der Waals surface area (Å²) in [5, 5.41) is 0. The van der Waals surface area contributed by atoms with Gasteiger partial charge in [0.2, 0.25) is 0 Å². The molecular weight excluding hydrogens is 580 g/mol. The molecule has 0 N–H and O–H groups in total. The number of carbonyl (C=O) groups is 4. The molecule has 5 atom stereocenters. The maximum absolute atomic E-state index is 13.4. The molecule has 0 aliphatic carbocycles. The molecular formula is C35H30O10. The first kappa shape index (κ1) is 31.1. The van der Waals surface area contributed by atoms with E-state index in [2.05, 4.69) is 0 Å². The van der Waals surface area contributed by atoms with Gasteiger partial charge >= 0.3 is 23.9 Å². The second-order valence-corrected chi connectivity index (χ2v) is 9.95.